The molecule has 1 aliphatic carbocycles. The van der Waals surface area contributed by atoms with Gasteiger partial charge in [-0.1, -0.05) is 19.8 Å². The van der Waals surface area contributed by atoms with Crippen LogP contribution < -0.4 is 0 Å². The van der Waals surface area contributed by atoms with Crippen LogP contribution in [0.4, 0.5) is 4.79 Å². The lowest BCUT2D eigenvalue weighted by Gasteiger charge is -2.36. The van der Waals surface area contributed by atoms with Crippen molar-refractivity contribution < 1.29 is 14.7 Å². The van der Waals surface area contributed by atoms with E-state index in [1.807, 2.05) is 18.7 Å². The third-order valence-electron chi connectivity index (χ3n) is 5.16. The number of carbonyl (C=O) groups excluding carboxylic acids is 1. The van der Waals surface area contributed by atoms with E-state index in [0.29, 0.717) is 12.0 Å². The third kappa shape index (κ3) is 3.69. The molecule has 1 aliphatic heterocycles. The van der Waals surface area contributed by atoms with Crippen molar-refractivity contribution in [1.29, 1.82) is 0 Å². The van der Waals surface area contributed by atoms with E-state index in [0.717, 1.165) is 25.8 Å². The Morgan fingerprint density at radius 2 is 1.90 bits per heavy atom. The minimum atomic E-state index is -0.930. The Balaban J connectivity index is 2.08. The number of hydrogen-bond acceptors (Lipinski definition) is 2. The molecule has 0 bridgehead atoms. The molecule has 2 rings (SSSR count). The Hall–Kier alpha value is -1.26. The van der Waals surface area contributed by atoms with Crippen LogP contribution in [0.25, 0.3) is 0 Å². The van der Waals surface area contributed by atoms with Gasteiger partial charge < -0.3 is 14.9 Å². The fraction of sp³-hybridized carbons (Fsp3) is 0.875. The van der Waals surface area contributed by atoms with Crippen LogP contribution in [0, 0.1) is 5.92 Å². The quantitative estimate of drug-likeness (QED) is 0.848. The number of likely N-dealkylation sites (tertiary alicyclic amines) is 1. The minimum Gasteiger partial charge on any atom is -0.480 e. The Labute approximate surface area is 127 Å². The van der Waals surface area contributed by atoms with Crippen molar-refractivity contribution in [3.05, 3.63) is 0 Å². The van der Waals surface area contributed by atoms with Gasteiger partial charge in [0, 0.05) is 18.6 Å². The number of urea groups is 1. The molecule has 0 aromatic carbocycles. The van der Waals surface area contributed by atoms with Crippen LogP contribution >= 0.6 is 0 Å². The summed E-state index contributed by atoms with van der Waals surface area (Å²) in [6.45, 7) is 4.51. The maximum absolute atomic E-state index is 12.8. The van der Waals surface area contributed by atoms with Crippen molar-refractivity contribution in [1.82, 2.24) is 9.80 Å². The Morgan fingerprint density at radius 1 is 1.24 bits per heavy atom. The van der Waals surface area contributed by atoms with Crippen LogP contribution in [0.3, 0.4) is 0 Å². The molecule has 0 aromatic rings. The van der Waals surface area contributed by atoms with Crippen molar-refractivity contribution in [3.63, 3.8) is 0 Å². The fourth-order valence-electron chi connectivity index (χ4n) is 3.81. The Kier molecular flexibility index (Phi) is 5.48. The van der Waals surface area contributed by atoms with E-state index in [-0.39, 0.29) is 18.6 Å². The van der Waals surface area contributed by atoms with Crippen molar-refractivity contribution in [2.75, 3.05) is 13.1 Å². The van der Waals surface area contributed by atoms with Crippen molar-refractivity contribution >= 4 is 12.0 Å². The highest BCUT2D eigenvalue weighted by molar-refractivity contribution is 5.81. The van der Waals surface area contributed by atoms with Crippen LogP contribution in [0.2, 0.25) is 0 Å². The first-order valence-electron chi connectivity index (χ1n) is 8.33. The fourth-order valence-corrected chi connectivity index (χ4v) is 3.81. The molecule has 2 amide bonds. The molecule has 21 heavy (non-hydrogen) atoms. The van der Waals surface area contributed by atoms with Gasteiger partial charge in [0.2, 0.25) is 0 Å². The molecule has 0 spiro atoms. The third-order valence-corrected chi connectivity index (χ3v) is 5.16. The average Bonchev–Trinajstić information content (AvgIpc) is 3.12. The highest BCUT2D eigenvalue weighted by Crippen LogP contribution is 2.36. The summed E-state index contributed by atoms with van der Waals surface area (Å²) in [5, 5.41) is 9.09. The van der Waals surface area contributed by atoms with Gasteiger partial charge in [0.25, 0.3) is 0 Å². The first kappa shape index (κ1) is 16.1. The van der Waals surface area contributed by atoms with Gasteiger partial charge in [0.15, 0.2) is 0 Å². The molecule has 1 saturated heterocycles. The van der Waals surface area contributed by atoms with Crippen molar-refractivity contribution in [2.45, 2.75) is 70.9 Å². The van der Waals surface area contributed by atoms with Crippen LogP contribution in [0.5, 0.6) is 0 Å². The predicted molar refractivity (Wildman–Crippen MR) is 81.2 cm³/mol. The largest absolute Gasteiger partial charge is 0.480 e. The molecule has 2 aliphatic rings. The number of nitrogens with zero attached hydrogens (tertiary/aromatic N) is 2. The number of aliphatic carboxylic acids is 1. The van der Waals surface area contributed by atoms with Gasteiger partial charge in [0.05, 0.1) is 0 Å². The molecule has 0 aromatic heterocycles. The van der Waals surface area contributed by atoms with E-state index < -0.39 is 5.97 Å². The number of hydrogen-bond donors (Lipinski definition) is 1. The highest BCUT2D eigenvalue weighted by Gasteiger charge is 2.38. The second kappa shape index (κ2) is 7.14. The molecule has 1 N–H and O–H groups in total. The minimum absolute atomic E-state index is 0.0292. The molecule has 0 radical (unpaired) electrons. The van der Waals surface area contributed by atoms with Crippen molar-refractivity contribution in [2.24, 2.45) is 5.92 Å². The zero-order valence-electron chi connectivity index (χ0n) is 13.3. The zero-order valence-corrected chi connectivity index (χ0v) is 13.3. The van der Waals surface area contributed by atoms with Crippen LogP contribution in [0.15, 0.2) is 0 Å². The van der Waals surface area contributed by atoms with Crippen molar-refractivity contribution in [3.8, 4) is 0 Å². The molecule has 2 atom stereocenters. The number of rotatable bonds is 5. The molecule has 2 fully saturated rings. The van der Waals surface area contributed by atoms with Gasteiger partial charge in [0.1, 0.15) is 6.54 Å². The summed E-state index contributed by atoms with van der Waals surface area (Å²) >= 11 is 0. The number of carboxylic acid groups (broad SMARTS) is 1. The number of amides is 2. The molecule has 5 nitrogen and oxygen atoms in total. The molecular weight excluding hydrogens is 268 g/mol. The molecule has 5 heteroatoms. The predicted octanol–water partition coefficient (Wildman–Crippen LogP) is 2.95. The lowest BCUT2D eigenvalue weighted by atomic mass is 9.96. The summed E-state index contributed by atoms with van der Waals surface area (Å²) in [5.74, 6) is -0.305. The Bertz CT molecular complexity index is 380. The number of carbonyl (C=O) groups is 2. The standard InChI is InChI=1S/C16H28N2O3/c1-3-12(2)18(11-15(19)20)16(21)17-10-6-9-14(17)13-7-4-5-8-13/h12-14H,3-11H2,1-2H3,(H,19,20). The first-order chi connectivity index (χ1) is 10.0. The van der Waals surface area contributed by atoms with E-state index >= 15 is 0 Å². The summed E-state index contributed by atoms with van der Waals surface area (Å²) in [7, 11) is 0. The monoisotopic (exact) mass is 296 g/mol. The SMILES string of the molecule is CCC(C)N(CC(=O)O)C(=O)N1CCCC1C1CCCC1. The second-order valence-corrected chi connectivity index (χ2v) is 6.51. The lowest BCUT2D eigenvalue weighted by molar-refractivity contribution is -0.138. The second-order valence-electron chi connectivity index (χ2n) is 6.51. The average molecular weight is 296 g/mol. The van der Waals surface area contributed by atoms with Gasteiger partial charge in [-0.3, -0.25) is 4.79 Å². The van der Waals surface area contributed by atoms with Gasteiger partial charge in [-0.2, -0.15) is 0 Å². The number of carboxylic acids is 1. The van der Waals surface area contributed by atoms with Crippen LogP contribution in [-0.4, -0.2) is 52.1 Å². The summed E-state index contributed by atoms with van der Waals surface area (Å²) in [5.41, 5.74) is 0. The highest BCUT2D eigenvalue weighted by atomic mass is 16.4. The maximum Gasteiger partial charge on any atom is 0.323 e. The molecule has 1 saturated carbocycles. The molecule has 1 heterocycles. The first-order valence-corrected chi connectivity index (χ1v) is 8.33. The van der Waals surface area contributed by atoms with E-state index in [1.54, 1.807) is 0 Å². The van der Waals surface area contributed by atoms with Gasteiger partial charge in [-0.15, -0.1) is 0 Å². The zero-order chi connectivity index (χ0) is 15.4. The van der Waals surface area contributed by atoms with E-state index in [1.165, 1.54) is 30.6 Å². The summed E-state index contributed by atoms with van der Waals surface area (Å²) < 4.78 is 0. The normalized spacial score (nSPS) is 24.3. The van der Waals surface area contributed by atoms with E-state index in [4.69, 9.17) is 5.11 Å². The topological polar surface area (TPSA) is 60.9 Å². The summed E-state index contributed by atoms with van der Waals surface area (Å²) in [6.07, 6.45) is 7.89. The van der Waals surface area contributed by atoms with Gasteiger partial charge >= 0.3 is 12.0 Å². The maximum atomic E-state index is 12.8. The molecular formula is C16H28N2O3. The van der Waals surface area contributed by atoms with E-state index in [2.05, 4.69) is 0 Å². The summed E-state index contributed by atoms with van der Waals surface area (Å²) in [6, 6.07) is 0.236. The smallest absolute Gasteiger partial charge is 0.323 e. The van der Waals surface area contributed by atoms with Crippen LogP contribution in [-0.2, 0) is 4.79 Å². The Morgan fingerprint density at radius 3 is 2.48 bits per heavy atom. The lowest BCUT2D eigenvalue weighted by Crippen LogP contribution is -2.51. The molecule has 2 unspecified atom stereocenters. The van der Waals surface area contributed by atoms with Gasteiger partial charge in [-0.05, 0) is 44.9 Å². The van der Waals surface area contributed by atoms with Gasteiger partial charge in [-0.25, -0.2) is 4.79 Å². The molecule has 120 valence electrons. The van der Waals surface area contributed by atoms with Crippen LogP contribution in [0.1, 0.15) is 58.8 Å². The van der Waals surface area contributed by atoms with E-state index in [9.17, 15) is 9.59 Å². The summed E-state index contributed by atoms with van der Waals surface area (Å²) in [4.78, 5) is 27.4.